The van der Waals surface area contributed by atoms with Crippen molar-refractivity contribution in [1.29, 1.82) is 0 Å². The number of ether oxygens (including phenoxy) is 4. The van der Waals surface area contributed by atoms with Crippen LogP contribution < -0.4 is 0 Å². The van der Waals surface area contributed by atoms with E-state index in [2.05, 4.69) is 88.5 Å². The number of rotatable bonds is 78. The first-order valence-electron chi connectivity index (χ1n) is 41.2. The maximum Gasteiger partial charge on any atom is 0.472 e. The van der Waals surface area contributed by atoms with Crippen LogP contribution in [0.25, 0.3) is 0 Å². The highest BCUT2D eigenvalue weighted by Gasteiger charge is 2.30. The maximum atomic E-state index is 13.1. The Balaban J connectivity index is 5.39. The summed E-state index contributed by atoms with van der Waals surface area (Å²) >= 11 is 0. The third-order valence-corrected chi connectivity index (χ3v) is 19.5. The van der Waals surface area contributed by atoms with Crippen LogP contribution in [0.2, 0.25) is 0 Å². The Bertz CT molecular complexity index is 2210. The van der Waals surface area contributed by atoms with Gasteiger partial charge in [-0.1, -0.05) is 306 Å². The molecule has 0 saturated heterocycles. The normalized spacial score (nSPS) is 14.2. The molecule has 0 radical (unpaired) electrons. The molecule has 0 saturated carbocycles. The number of phosphoric acid groups is 2. The van der Waals surface area contributed by atoms with Gasteiger partial charge in [0.25, 0.3) is 0 Å². The second-order valence-electron chi connectivity index (χ2n) is 27.7. The largest absolute Gasteiger partial charge is 0.472 e. The lowest BCUT2D eigenvalue weighted by Gasteiger charge is -2.21. The summed E-state index contributed by atoms with van der Waals surface area (Å²) in [7, 11) is -9.97. The van der Waals surface area contributed by atoms with Gasteiger partial charge in [-0.05, 0) is 116 Å². The van der Waals surface area contributed by atoms with E-state index in [1.807, 2.05) is 12.2 Å². The van der Waals surface area contributed by atoms with Crippen molar-refractivity contribution in [2.45, 2.75) is 393 Å². The van der Waals surface area contributed by atoms with Crippen LogP contribution in [0.3, 0.4) is 0 Å². The number of hydrogen-bond donors (Lipinski definition) is 3. The predicted octanol–water partition coefficient (Wildman–Crippen LogP) is 24.0. The zero-order valence-corrected chi connectivity index (χ0v) is 66.8. The molecule has 0 aromatic rings. The Kier molecular flexibility index (Phi) is 73.1. The molecule has 0 aliphatic heterocycles. The zero-order valence-electron chi connectivity index (χ0n) is 65.0. The average Bonchev–Trinajstić information content (AvgIpc) is 0.917. The summed E-state index contributed by atoms with van der Waals surface area (Å²) in [6.45, 7) is 4.83. The fourth-order valence-electron chi connectivity index (χ4n) is 11.3. The lowest BCUT2D eigenvalue weighted by atomic mass is 10.0. The van der Waals surface area contributed by atoms with Crippen LogP contribution in [0.4, 0.5) is 0 Å². The minimum atomic E-state index is -4.99. The predicted molar refractivity (Wildman–Crippen MR) is 418 cm³/mol. The monoisotopic (exact) mass is 1480 g/mol. The molecule has 0 heterocycles. The fourth-order valence-corrected chi connectivity index (χ4v) is 12.9. The van der Waals surface area contributed by atoms with Gasteiger partial charge < -0.3 is 33.8 Å². The van der Waals surface area contributed by atoms with E-state index in [9.17, 15) is 43.2 Å². The molecule has 594 valence electrons. The van der Waals surface area contributed by atoms with E-state index >= 15 is 0 Å². The summed E-state index contributed by atoms with van der Waals surface area (Å²) < 4.78 is 68.6. The number of aliphatic hydroxyl groups excluding tert-OH is 1. The van der Waals surface area contributed by atoms with Crippen molar-refractivity contribution < 1.29 is 80.2 Å². The van der Waals surface area contributed by atoms with Crippen molar-refractivity contribution in [3.8, 4) is 0 Å². The minimum absolute atomic E-state index is 0.0232. The van der Waals surface area contributed by atoms with Gasteiger partial charge in [-0.2, -0.15) is 0 Å². The smallest absolute Gasteiger partial charge is 0.462 e. The number of carbonyl (C=O) groups excluding carboxylic acids is 4. The number of unbranched alkanes of at least 4 members (excludes halogenated alkanes) is 40. The summed E-state index contributed by atoms with van der Waals surface area (Å²) in [6, 6.07) is 0. The number of aliphatic hydroxyl groups is 1. The number of carbonyl (C=O) groups is 4. The van der Waals surface area contributed by atoms with Gasteiger partial charge in [-0.3, -0.25) is 37.3 Å². The van der Waals surface area contributed by atoms with Crippen molar-refractivity contribution in [3.63, 3.8) is 0 Å². The second kappa shape index (κ2) is 75.7. The summed E-state index contributed by atoms with van der Waals surface area (Å²) in [5, 5.41) is 10.6. The highest BCUT2D eigenvalue weighted by Crippen LogP contribution is 2.45. The van der Waals surface area contributed by atoms with Crippen molar-refractivity contribution >= 4 is 39.5 Å². The van der Waals surface area contributed by atoms with Crippen LogP contribution in [0.1, 0.15) is 374 Å². The van der Waals surface area contributed by atoms with E-state index in [1.54, 1.807) is 0 Å². The molecule has 3 N–H and O–H groups in total. The van der Waals surface area contributed by atoms with Crippen molar-refractivity contribution in [2.75, 3.05) is 39.6 Å². The first-order chi connectivity index (χ1) is 49.7. The van der Waals surface area contributed by atoms with Crippen molar-refractivity contribution in [3.05, 3.63) is 72.9 Å². The molecular formula is C83H150O17P2. The van der Waals surface area contributed by atoms with Crippen molar-refractivity contribution in [1.82, 2.24) is 0 Å². The standard InChI is InChI=1S/C83H150O17P2/c1-5-9-13-17-21-25-29-33-37-38-42-46-50-54-58-62-66-70-83(88)100-79(74-94-81(86)68-64-60-56-52-48-44-40-35-31-27-23-19-15-11-7-3)76-98-102(91,92)96-72-77(84)71-95-101(89,90)97-75-78(99-82(87)69-65-61-57-53-49-45-41-36-32-28-24-20-16-12-8-4)73-93-80(85)67-63-59-55-51-47-43-39-34-30-26-22-18-14-10-6-2/h21,25,28,32-34,37,39,42,46,54,58,77-79,84H,5-20,22-24,26-27,29-31,35-36,38,40-41,43-45,47-53,55-57,59-76H2,1-4H3,(H,89,90)(H,91,92)/b25-21-,32-28-,37-33-,39-34-,46-42-,58-54-/t77-,78-,79-/m1/s1. The van der Waals surface area contributed by atoms with Gasteiger partial charge in [0.05, 0.1) is 26.4 Å². The van der Waals surface area contributed by atoms with Gasteiger partial charge in [0.1, 0.15) is 19.3 Å². The number of phosphoric ester groups is 2. The lowest BCUT2D eigenvalue weighted by Crippen LogP contribution is -2.30. The molecule has 0 spiro atoms. The molecule has 0 aliphatic carbocycles. The molecule has 0 bridgehead atoms. The molecule has 102 heavy (non-hydrogen) atoms. The van der Waals surface area contributed by atoms with E-state index in [-0.39, 0.29) is 25.7 Å². The molecule has 17 nitrogen and oxygen atoms in total. The molecular weight excluding hydrogens is 1330 g/mol. The van der Waals surface area contributed by atoms with E-state index < -0.39 is 97.5 Å². The third kappa shape index (κ3) is 74.8. The topological polar surface area (TPSA) is 237 Å². The van der Waals surface area contributed by atoms with E-state index in [1.165, 1.54) is 154 Å². The van der Waals surface area contributed by atoms with Crippen molar-refractivity contribution in [2.24, 2.45) is 0 Å². The highest BCUT2D eigenvalue weighted by molar-refractivity contribution is 7.47. The van der Waals surface area contributed by atoms with Gasteiger partial charge in [-0.15, -0.1) is 0 Å². The van der Waals surface area contributed by atoms with Crippen LogP contribution >= 0.6 is 15.6 Å². The van der Waals surface area contributed by atoms with E-state index in [0.717, 1.165) is 135 Å². The Morgan fingerprint density at radius 2 is 0.490 bits per heavy atom. The van der Waals surface area contributed by atoms with E-state index in [0.29, 0.717) is 32.1 Å². The highest BCUT2D eigenvalue weighted by atomic mass is 31.2. The fraction of sp³-hybridized carbons (Fsp3) is 0.807. The van der Waals surface area contributed by atoms with Crippen LogP contribution in [0.5, 0.6) is 0 Å². The average molecular weight is 1480 g/mol. The number of allylic oxidation sites excluding steroid dienone is 12. The van der Waals surface area contributed by atoms with Gasteiger partial charge >= 0.3 is 39.5 Å². The first-order valence-corrected chi connectivity index (χ1v) is 44.2. The van der Waals surface area contributed by atoms with Gasteiger partial charge in [-0.25, -0.2) is 9.13 Å². The number of esters is 4. The quantitative estimate of drug-likeness (QED) is 0.0169. The molecule has 0 aliphatic rings. The van der Waals surface area contributed by atoms with Gasteiger partial charge in [0.15, 0.2) is 12.2 Å². The molecule has 0 amide bonds. The summed E-state index contributed by atoms with van der Waals surface area (Å²) in [5.41, 5.74) is 0. The second-order valence-corrected chi connectivity index (χ2v) is 30.6. The molecule has 0 aromatic heterocycles. The lowest BCUT2D eigenvalue weighted by molar-refractivity contribution is -0.161. The van der Waals surface area contributed by atoms with Crippen LogP contribution in [-0.2, 0) is 65.4 Å². The van der Waals surface area contributed by atoms with E-state index in [4.69, 9.17) is 37.0 Å². The van der Waals surface area contributed by atoms with Crippen LogP contribution in [0, 0.1) is 0 Å². The SMILES string of the molecule is CCCCC/C=C\C/C=C\C/C=C\C/C=C\CCCC(=O)O[C@H](COC(=O)CCCCCCCCCCCCCCCCC)COP(=O)(O)OC[C@H](O)COP(=O)(O)OC[C@@H](COC(=O)CCCCCCC/C=C\CCCCCCCC)OC(=O)CCCCCCCCC/C=C\CCCCCC. The molecule has 0 fully saturated rings. The Hall–Kier alpha value is -3.50. The molecule has 19 heteroatoms. The summed E-state index contributed by atoms with van der Waals surface area (Å²) in [6.07, 6.45) is 77.3. The van der Waals surface area contributed by atoms with Crippen LogP contribution in [0.15, 0.2) is 72.9 Å². The summed E-state index contributed by atoms with van der Waals surface area (Å²) in [4.78, 5) is 73.0. The summed E-state index contributed by atoms with van der Waals surface area (Å²) in [5.74, 6) is -2.22. The molecule has 0 rings (SSSR count). The maximum absolute atomic E-state index is 13.1. The van der Waals surface area contributed by atoms with Crippen LogP contribution in [-0.4, -0.2) is 96.7 Å². The first kappa shape index (κ1) is 98.5. The molecule has 0 aromatic carbocycles. The van der Waals surface area contributed by atoms with Gasteiger partial charge in [0, 0.05) is 25.7 Å². The Morgan fingerprint density at radius 1 is 0.275 bits per heavy atom. The molecule has 2 unspecified atom stereocenters. The zero-order chi connectivity index (χ0) is 74.6. The third-order valence-electron chi connectivity index (χ3n) is 17.6. The Morgan fingerprint density at radius 3 is 0.814 bits per heavy atom. The Labute approximate surface area is 622 Å². The molecule has 5 atom stereocenters. The number of hydrogen-bond acceptors (Lipinski definition) is 15. The minimum Gasteiger partial charge on any atom is -0.462 e. The van der Waals surface area contributed by atoms with Gasteiger partial charge in [0.2, 0.25) is 0 Å².